The third kappa shape index (κ3) is 7.74. The summed E-state index contributed by atoms with van der Waals surface area (Å²) in [4.78, 5) is 10.2. The zero-order valence-electron chi connectivity index (χ0n) is 10.2. The summed E-state index contributed by atoms with van der Waals surface area (Å²) in [5.41, 5.74) is -0.814. The third-order valence-electron chi connectivity index (χ3n) is 1.88. The molecule has 104 valence electrons. The number of halogens is 2. The minimum Gasteiger partial charge on any atom is -0.436 e. The largest absolute Gasteiger partial charge is 0.436 e. The van der Waals surface area contributed by atoms with Gasteiger partial charge in [-0.15, -0.1) is 0 Å². The van der Waals surface area contributed by atoms with E-state index >= 15 is 0 Å². The summed E-state index contributed by atoms with van der Waals surface area (Å²) in [6, 6.07) is 17.8. The first-order valence-corrected chi connectivity index (χ1v) is 6.59. The summed E-state index contributed by atoms with van der Waals surface area (Å²) in [7, 11) is 0. The summed E-state index contributed by atoms with van der Waals surface area (Å²) in [5.74, 6) is 1.13. The summed E-state index contributed by atoms with van der Waals surface area (Å²) < 4.78 is 9.47. The van der Waals surface area contributed by atoms with Gasteiger partial charge in [0.25, 0.3) is 4.51 Å². The zero-order chi connectivity index (χ0) is 14.8. The normalized spacial score (nSPS) is 8.90. The van der Waals surface area contributed by atoms with E-state index in [9.17, 15) is 4.79 Å². The molecule has 2 aromatic rings. The van der Waals surface area contributed by atoms with Crippen molar-refractivity contribution in [1.82, 2.24) is 0 Å². The van der Waals surface area contributed by atoms with Gasteiger partial charge in [0.15, 0.2) is 0 Å². The number of benzene rings is 2. The molecule has 0 saturated heterocycles. The number of rotatable bonds is 2. The van der Waals surface area contributed by atoms with Crippen molar-refractivity contribution < 1.29 is 14.3 Å². The van der Waals surface area contributed by atoms with Crippen molar-refractivity contribution in [3.05, 3.63) is 60.7 Å². The van der Waals surface area contributed by atoms with Crippen molar-refractivity contribution in [1.29, 1.82) is 0 Å². The molecule has 0 aliphatic heterocycles. The lowest BCUT2D eigenvalue weighted by Crippen LogP contribution is -1.94. The molecule has 0 radical (unpaired) electrons. The van der Waals surface area contributed by atoms with E-state index in [1.807, 2.05) is 24.3 Å². The quantitative estimate of drug-likeness (QED) is 0.573. The van der Waals surface area contributed by atoms with Crippen molar-refractivity contribution in [2.75, 3.05) is 0 Å². The van der Waals surface area contributed by atoms with Crippen molar-refractivity contribution in [2.45, 2.75) is 0 Å². The van der Waals surface area contributed by atoms with E-state index in [0.717, 1.165) is 0 Å². The smallest absolute Gasteiger partial charge is 0.409 e. The molecule has 0 heterocycles. The van der Waals surface area contributed by atoms with Crippen LogP contribution in [0.4, 0.5) is 4.79 Å². The second-order valence-electron chi connectivity index (χ2n) is 3.31. The Bertz CT molecular complexity index is 495. The van der Waals surface area contributed by atoms with E-state index in [1.165, 1.54) is 0 Å². The van der Waals surface area contributed by atoms with E-state index in [0.29, 0.717) is 11.5 Å². The van der Waals surface area contributed by atoms with Gasteiger partial charge < -0.3 is 9.47 Å². The highest BCUT2D eigenvalue weighted by molar-refractivity contribution is 7.82. The van der Waals surface area contributed by atoms with E-state index < -0.39 is 5.43 Å². The summed E-state index contributed by atoms with van der Waals surface area (Å²) in [5, 5.41) is 0. The minimum absolute atomic E-state index is 0.0196. The molecular weight excluding hydrogens is 319 g/mol. The van der Waals surface area contributed by atoms with Crippen molar-refractivity contribution >= 4 is 45.4 Å². The Kier molecular flexibility index (Phi) is 7.65. The summed E-state index contributed by atoms with van der Waals surface area (Å²) in [6.07, 6.45) is 0. The molecular formula is C14H10Cl2O3S. The minimum atomic E-state index is -0.814. The van der Waals surface area contributed by atoms with Crippen LogP contribution in [0.25, 0.3) is 0 Å². The first-order chi connectivity index (χ1) is 9.58. The first kappa shape index (κ1) is 16.4. The maximum atomic E-state index is 10.2. The molecule has 0 atom stereocenters. The number of ether oxygens (including phenoxy) is 2. The highest BCUT2D eigenvalue weighted by Crippen LogP contribution is 2.10. The molecule has 0 saturated carbocycles. The number of carbonyl (C=O) groups excluding carboxylic acids is 1. The number of thiocarbonyl (C=S) groups is 1. The van der Waals surface area contributed by atoms with Gasteiger partial charge in [-0.3, -0.25) is 0 Å². The molecule has 2 aromatic carbocycles. The standard InChI is InChI=1S/C7H5ClO2.C7H5ClOS/c8-7(9)10-6-4-2-1-3-5-6;8-7(10)9-6-4-2-1-3-5-6/h2*1-5H. The molecule has 6 heteroatoms. The fraction of sp³-hybridized carbons (Fsp3) is 0. The summed E-state index contributed by atoms with van der Waals surface area (Å²) in [6.45, 7) is 0. The van der Waals surface area contributed by atoms with Gasteiger partial charge in [-0.05, 0) is 48.1 Å². The Morgan fingerprint density at radius 2 is 1.20 bits per heavy atom. The molecule has 0 aliphatic rings. The Balaban J connectivity index is 0.000000200. The molecule has 20 heavy (non-hydrogen) atoms. The Hall–Kier alpha value is -1.62. The lowest BCUT2D eigenvalue weighted by Gasteiger charge is -1.98. The molecule has 0 amide bonds. The second-order valence-corrected chi connectivity index (χ2v) is 4.55. The highest BCUT2D eigenvalue weighted by atomic mass is 35.5. The van der Waals surface area contributed by atoms with Gasteiger partial charge in [0, 0.05) is 11.6 Å². The molecule has 0 fully saturated rings. The molecule has 2 rings (SSSR count). The van der Waals surface area contributed by atoms with Crippen LogP contribution in [-0.4, -0.2) is 9.94 Å². The van der Waals surface area contributed by atoms with E-state index in [-0.39, 0.29) is 4.51 Å². The van der Waals surface area contributed by atoms with Gasteiger partial charge in [0.2, 0.25) is 0 Å². The lowest BCUT2D eigenvalue weighted by atomic mass is 10.3. The fourth-order valence-corrected chi connectivity index (χ4v) is 1.44. The maximum absolute atomic E-state index is 10.2. The zero-order valence-corrected chi connectivity index (χ0v) is 12.5. The Morgan fingerprint density at radius 3 is 1.55 bits per heavy atom. The first-order valence-electron chi connectivity index (χ1n) is 5.42. The lowest BCUT2D eigenvalue weighted by molar-refractivity contribution is 0.225. The van der Waals surface area contributed by atoms with Crippen LogP contribution in [0.3, 0.4) is 0 Å². The van der Waals surface area contributed by atoms with Crippen LogP contribution in [0.1, 0.15) is 0 Å². The number of carbonyl (C=O) groups is 1. The molecule has 0 bridgehead atoms. The fourth-order valence-electron chi connectivity index (χ4n) is 1.16. The predicted octanol–water partition coefficient (Wildman–Crippen LogP) is 5.01. The molecule has 0 unspecified atom stereocenters. The molecule has 0 N–H and O–H groups in total. The highest BCUT2D eigenvalue weighted by Gasteiger charge is 1.95. The Morgan fingerprint density at radius 1 is 0.800 bits per heavy atom. The van der Waals surface area contributed by atoms with Crippen LogP contribution in [0, 0.1) is 0 Å². The van der Waals surface area contributed by atoms with Gasteiger partial charge in [-0.25, -0.2) is 4.79 Å². The van der Waals surface area contributed by atoms with Gasteiger partial charge in [0.05, 0.1) is 0 Å². The molecule has 0 aliphatic carbocycles. The van der Waals surface area contributed by atoms with Crippen LogP contribution < -0.4 is 9.47 Å². The molecule has 3 nitrogen and oxygen atoms in total. The topological polar surface area (TPSA) is 35.5 Å². The van der Waals surface area contributed by atoms with Gasteiger partial charge in [0.1, 0.15) is 11.5 Å². The number of para-hydroxylation sites is 2. The van der Waals surface area contributed by atoms with Gasteiger partial charge >= 0.3 is 5.43 Å². The van der Waals surface area contributed by atoms with Crippen molar-refractivity contribution in [3.63, 3.8) is 0 Å². The second kappa shape index (κ2) is 9.31. The van der Waals surface area contributed by atoms with E-state index in [1.54, 1.807) is 36.4 Å². The third-order valence-corrected chi connectivity index (χ3v) is 2.12. The predicted molar refractivity (Wildman–Crippen MR) is 83.8 cm³/mol. The number of hydrogen-bond donors (Lipinski definition) is 0. The number of hydrogen-bond acceptors (Lipinski definition) is 4. The Labute approximate surface area is 132 Å². The van der Waals surface area contributed by atoms with Crippen molar-refractivity contribution in [3.8, 4) is 11.5 Å². The molecule has 0 aromatic heterocycles. The summed E-state index contributed by atoms with van der Waals surface area (Å²) >= 11 is 14.8. The van der Waals surface area contributed by atoms with Gasteiger partial charge in [-0.1, -0.05) is 36.4 Å². The average molecular weight is 329 g/mol. The van der Waals surface area contributed by atoms with Crippen molar-refractivity contribution in [2.24, 2.45) is 0 Å². The monoisotopic (exact) mass is 328 g/mol. The molecule has 0 spiro atoms. The van der Waals surface area contributed by atoms with Gasteiger partial charge in [-0.2, -0.15) is 0 Å². The van der Waals surface area contributed by atoms with E-state index in [2.05, 4.69) is 17.0 Å². The average Bonchev–Trinajstić information content (AvgIpc) is 2.40. The maximum Gasteiger partial charge on any atom is 0.409 e. The SMILES string of the molecule is O=C(Cl)Oc1ccccc1.S=C(Cl)Oc1ccccc1. The van der Waals surface area contributed by atoms with Crippen LogP contribution in [0.5, 0.6) is 11.5 Å². The van der Waals surface area contributed by atoms with Crippen LogP contribution in [-0.2, 0) is 0 Å². The van der Waals surface area contributed by atoms with Crippen LogP contribution in [0.2, 0.25) is 0 Å². The van der Waals surface area contributed by atoms with Crippen LogP contribution in [0.15, 0.2) is 60.7 Å². The van der Waals surface area contributed by atoms with E-state index in [4.69, 9.17) is 27.9 Å². The van der Waals surface area contributed by atoms with Crippen LogP contribution >= 0.6 is 35.4 Å².